The van der Waals surface area contributed by atoms with Gasteiger partial charge in [0.1, 0.15) is 11.9 Å². The molecule has 162 valence electrons. The average Bonchev–Trinajstić information content (AvgIpc) is 3.31. The highest BCUT2D eigenvalue weighted by molar-refractivity contribution is 5.89. The van der Waals surface area contributed by atoms with Crippen molar-refractivity contribution in [2.24, 2.45) is 0 Å². The maximum atomic E-state index is 12.4. The molecule has 0 saturated heterocycles. The number of benzene rings is 1. The largest absolute Gasteiger partial charge is 0.452 e. The Morgan fingerprint density at radius 3 is 2.74 bits per heavy atom. The van der Waals surface area contributed by atoms with E-state index in [1.54, 1.807) is 24.5 Å². The van der Waals surface area contributed by atoms with Crippen molar-refractivity contribution in [1.29, 1.82) is 0 Å². The Morgan fingerprint density at radius 2 is 2.03 bits per heavy atom. The third-order valence-electron chi connectivity index (χ3n) is 4.74. The molecule has 2 heterocycles. The Bertz CT molecular complexity index is 922. The molecule has 6 nitrogen and oxygen atoms in total. The Morgan fingerprint density at radius 1 is 1.16 bits per heavy atom. The van der Waals surface area contributed by atoms with Crippen LogP contribution >= 0.6 is 0 Å². The van der Waals surface area contributed by atoms with Gasteiger partial charge in [-0.05, 0) is 35.8 Å². The normalized spacial score (nSPS) is 12.2. The Hall–Kier alpha value is -3.25. The molecule has 0 spiro atoms. The van der Waals surface area contributed by atoms with E-state index in [2.05, 4.69) is 34.0 Å². The van der Waals surface area contributed by atoms with Gasteiger partial charge >= 0.3 is 5.97 Å². The second-order valence-electron chi connectivity index (χ2n) is 7.28. The van der Waals surface area contributed by atoms with Gasteiger partial charge in [-0.1, -0.05) is 50.1 Å². The number of hydrogen-bond donors (Lipinski definition) is 1. The summed E-state index contributed by atoms with van der Waals surface area (Å²) in [5.41, 5.74) is 2.62. The molecule has 3 rings (SSSR count). The highest BCUT2D eigenvalue weighted by atomic mass is 16.6. The summed E-state index contributed by atoms with van der Waals surface area (Å²) in [7, 11) is 0. The number of nitrogens with one attached hydrogen (secondary N) is 1. The Labute approximate surface area is 183 Å². The molecule has 6 heteroatoms. The van der Waals surface area contributed by atoms with Crippen LogP contribution in [0.3, 0.4) is 0 Å². The van der Waals surface area contributed by atoms with Crippen LogP contribution in [0.5, 0.6) is 0 Å². The van der Waals surface area contributed by atoms with Crippen LogP contribution in [0, 0.1) is 0 Å². The highest BCUT2D eigenvalue weighted by Crippen LogP contribution is 2.12. The molecule has 31 heavy (non-hydrogen) atoms. The molecule has 3 aromatic rings. The van der Waals surface area contributed by atoms with E-state index < -0.39 is 12.1 Å². The number of imidazole rings is 1. The van der Waals surface area contributed by atoms with Crippen molar-refractivity contribution in [2.45, 2.75) is 38.7 Å². The minimum atomic E-state index is -0.475. The molecule has 1 atom stereocenters. The van der Waals surface area contributed by atoms with Crippen LogP contribution < -0.4 is 0 Å². The van der Waals surface area contributed by atoms with Crippen LogP contribution in [-0.4, -0.2) is 40.2 Å². The minimum Gasteiger partial charge on any atom is -0.452 e. The summed E-state index contributed by atoms with van der Waals surface area (Å²) >= 11 is 0. The van der Waals surface area contributed by atoms with Crippen molar-refractivity contribution in [1.82, 2.24) is 15.0 Å². The first kappa shape index (κ1) is 22.4. The maximum Gasteiger partial charge on any atom is 0.340 e. The first-order chi connectivity index (χ1) is 15.2. The standard InChI is InChI=1S/C25H29N3O3/c1-2-3-4-16-30-19-23(31-25(29)22-6-5-13-26-18-22)12-11-20-7-9-21(10-8-20)17-24-27-14-15-28-24/h5-15,18,23H,2-4,16-17,19H2,1H3,(H,27,28). The van der Waals surface area contributed by atoms with Crippen molar-refractivity contribution >= 4 is 12.0 Å². The van der Waals surface area contributed by atoms with Crippen molar-refractivity contribution in [3.63, 3.8) is 0 Å². The third-order valence-corrected chi connectivity index (χ3v) is 4.74. The second-order valence-corrected chi connectivity index (χ2v) is 7.28. The van der Waals surface area contributed by atoms with Crippen molar-refractivity contribution in [2.75, 3.05) is 13.2 Å². The summed E-state index contributed by atoms with van der Waals surface area (Å²) in [6.45, 7) is 3.13. The van der Waals surface area contributed by atoms with Gasteiger partial charge in [0.15, 0.2) is 0 Å². The molecule has 0 aliphatic heterocycles. The van der Waals surface area contributed by atoms with Gasteiger partial charge in [-0.15, -0.1) is 0 Å². The monoisotopic (exact) mass is 419 g/mol. The van der Waals surface area contributed by atoms with Crippen LogP contribution in [-0.2, 0) is 15.9 Å². The lowest BCUT2D eigenvalue weighted by Gasteiger charge is -2.15. The summed E-state index contributed by atoms with van der Waals surface area (Å²) in [5.74, 6) is 0.527. The minimum absolute atomic E-state index is 0.322. The van der Waals surface area contributed by atoms with Crippen LogP contribution in [0.1, 0.15) is 53.5 Å². The average molecular weight is 420 g/mol. The van der Waals surface area contributed by atoms with E-state index in [9.17, 15) is 4.79 Å². The van der Waals surface area contributed by atoms with Gasteiger partial charge in [0, 0.05) is 37.8 Å². The lowest BCUT2D eigenvalue weighted by molar-refractivity contribution is 0.0106. The number of aromatic nitrogens is 3. The van der Waals surface area contributed by atoms with Gasteiger partial charge in [-0.3, -0.25) is 4.98 Å². The number of carbonyl (C=O) groups excluding carboxylic acids is 1. The van der Waals surface area contributed by atoms with E-state index in [-0.39, 0.29) is 0 Å². The SMILES string of the molecule is CCCCCOCC(C=Cc1ccc(Cc2ncc[nH]2)cc1)OC(=O)c1cccnc1. The molecule has 1 N–H and O–H groups in total. The number of aromatic amines is 1. The molecule has 0 fully saturated rings. The number of ether oxygens (including phenoxy) is 2. The number of hydrogen-bond acceptors (Lipinski definition) is 5. The molecule has 0 bridgehead atoms. The number of esters is 1. The van der Waals surface area contributed by atoms with Gasteiger partial charge in [-0.25, -0.2) is 9.78 Å². The second kappa shape index (κ2) is 12.4. The highest BCUT2D eigenvalue weighted by Gasteiger charge is 2.14. The molecule has 2 aromatic heterocycles. The Balaban J connectivity index is 1.60. The molecular weight excluding hydrogens is 390 g/mol. The van der Waals surface area contributed by atoms with Crippen molar-refractivity contribution in [3.8, 4) is 0 Å². The predicted octanol–water partition coefficient (Wildman–Crippen LogP) is 4.84. The van der Waals surface area contributed by atoms with Crippen LogP contribution in [0.25, 0.3) is 6.08 Å². The summed E-state index contributed by atoms with van der Waals surface area (Å²) in [6.07, 6.45) is 14.1. The molecule has 1 aromatic carbocycles. The number of carbonyl (C=O) groups is 1. The number of rotatable bonds is 12. The maximum absolute atomic E-state index is 12.4. The Kier molecular flexibility index (Phi) is 9.01. The number of unbranched alkanes of at least 4 members (excludes halogenated alkanes) is 2. The molecule has 0 aliphatic rings. The van der Waals surface area contributed by atoms with E-state index in [4.69, 9.17) is 9.47 Å². The van der Waals surface area contributed by atoms with Gasteiger partial charge in [0.05, 0.1) is 12.2 Å². The first-order valence-corrected chi connectivity index (χ1v) is 10.7. The zero-order chi connectivity index (χ0) is 21.7. The molecule has 0 saturated carbocycles. The quantitative estimate of drug-likeness (QED) is 0.336. The molecule has 0 amide bonds. The van der Waals surface area contributed by atoms with E-state index in [0.29, 0.717) is 18.8 Å². The molecule has 0 radical (unpaired) electrons. The number of H-pyrrole nitrogens is 1. The van der Waals surface area contributed by atoms with Gasteiger partial charge < -0.3 is 14.5 Å². The van der Waals surface area contributed by atoms with Crippen LogP contribution in [0.2, 0.25) is 0 Å². The van der Waals surface area contributed by atoms with Crippen molar-refractivity contribution in [3.05, 3.63) is 89.8 Å². The van der Waals surface area contributed by atoms with Gasteiger partial charge in [-0.2, -0.15) is 0 Å². The van der Waals surface area contributed by atoms with Gasteiger partial charge in [0.25, 0.3) is 0 Å². The summed E-state index contributed by atoms with van der Waals surface area (Å²) < 4.78 is 11.4. The predicted molar refractivity (Wildman–Crippen MR) is 121 cm³/mol. The summed E-state index contributed by atoms with van der Waals surface area (Å²) in [6, 6.07) is 11.6. The lowest BCUT2D eigenvalue weighted by atomic mass is 10.1. The smallest absolute Gasteiger partial charge is 0.340 e. The molecule has 0 aliphatic carbocycles. The fourth-order valence-corrected chi connectivity index (χ4v) is 3.02. The summed E-state index contributed by atoms with van der Waals surface area (Å²) in [5, 5.41) is 0. The van der Waals surface area contributed by atoms with E-state index in [1.807, 2.05) is 30.5 Å². The first-order valence-electron chi connectivity index (χ1n) is 10.7. The molecular formula is C25H29N3O3. The number of pyridine rings is 1. The van der Waals surface area contributed by atoms with E-state index in [0.717, 1.165) is 37.1 Å². The lowest BCUT2D eigenvalue weighted by Crippen LogP contribution is -2.22. The van der Waals surface area contributed by atoms with E-state index >= 15 is 0 Å². The summed E-state index contributed by atoms with van der Waals surface area (Å²) in [4.78, 5) is 23.8. The van der Waals surface area contributed by atoms with Gasteiger partial charge in [0.2, 0.25) is 0 Å². The third kappa shape index (κ3) is 7.83. The fourth-order valence-electron chi connectivity index (χ4n) is 3.02. The topological polar surface area (TPSA) is 77.1 Å². The van der Waals surface area contributed by atoms with Crippen LogP contribution in [0.4, 0.5) is 0 Å². The molecule has 1 unspecified atom stereocenters. The number of nitrogens with zero attached hydrogens (tertiary/aromatic N) is 2. The zero-order valence-corrected chi connectivity index (χ0v) is 17.9. The van der Waals surface area contributed by atoms with E-state index in [1.165, 1.54) is 11.8 Å². The zero-order valence-electron chi connectivity index (χ0n) is 17.9. The fraction of sp³-hybridized carbons (Fsp3) is 0.320. The van der Waals surface area contributed by atoms with Crippen LogP contribution in [0.15, 0.2) is 67.3 Å². The van der Waals surface area contributed by atoms with Crippen molar-refractivity contribution < 1.29 is 14.3 Å².